The molecular weight excluding hydrogens is 316 g/mol. The molecule has 1 atom stereocenters. The van der Waals surface area contributed by atoms with Crippen LogP contribution in [0.2, 0.25) is 0 Å². The van der Waals surface area contributed by atoms with E-state index in [4.69, 9.17) is 5.73 Å². The lowest BCUT2D eigenvalue weighted by Crippen LogP contribution is -2.40. The summed E-state index contributed by atoms with van der Waals surface area (Å²) in [5, 5.41) is 9.81. The average molecular weight is 346 g/mol. The van der Waals surface area contributed by atoms with Gasteiger partial charge in [0, 0.05) is 25.1 Å². The third-order valence-electron chi connectivity index (χ3n) is 4.83. The maximum atomic E-state index is 12.7. The van der Waals surface area contributed by atoms with E-state index in [-0.39, 0.29) is 11.8 Å². The molecule has 2 amide bonds. The third kappa shape index (κ3) is 6.50. The number of amides is 2. The number of primary amides is 1. The van der Waals surface area contributed by atoms with Gasteiger partial charge in [-0.1, -0.05) is 12.1 Å². The predicted molar refractivity (Wildman–Crippen MR) is 98.1 cm³/mol. The van der Waals surface area contributed by atoms with Crippen LogP contribution in [0.1, 0.15) is 61.9 Å². The molecule has 0 unspecified atom stereocenters. The zero-order chi connectivity index (χ0) is 18.4. The standard InChI is InChI=1S/C20H30N2O3/c1-20(2,25)12-11-15-5-8-17(9-6-15)19(24)22-13-3-4-16(14-22)7-10-18(21)23/h5-6,8-9,16,25H,3-4,7,10-14H2,1-2H3,(H2,21,23)/t16-/m1/s1. The van der Waals surface area contributed by atoms with Crippen molar-refractivity contribution in [3.05, 3.63) is 35.4 Å². The summed E-state index contributed by atoms with van der Waals surface area (Å²) >= 11 is 0. The van der Waals surface area contributed by atoms with Gasteiger partial charge < -0.3 is 15.7 Å². The monoisotopic (exact) mass is 346 g/mol. The van der Waals surface area contributed by atoms with Crippen LogP contribution in [0.3, 0.4) is 0 Å². The Morgan fingerprint density at radius 1 is 1.28 bits per heavy atom. The fourth-order valence-corrected chi connectivity index (χ4v) is 3.28. The number of piperidine rings is 1. The lowest BCUT2D eigenvalue weighted by Gasteiger charge is -2.32. The molecule has 1 aromatic carbocycles. The van der Waals surface area contributed by atoms with Gasteiger partial charge in [-0.2, -0.15) is 0 Å². The molecule has 1 heterocycles. The number of rotatable bonds is 7. The van der Waals surface area contributed by atoms with E-state index < -0.39 is 5.60 Å². The Balaban J connectivity index is 1.92. The van der Waals surface area contributed by atoms with Crippen LogP contribution < -0.4 is 5.73 Å². The summed E-state index contributed by atoms with van der Waals surface area (Å²) in [4.78, 5) is 25.5. The van der Waals surface area contributed by atoms with Crippen LogP contribution in [-0.2, 0) is 11.2 Å². The third-order valence-corrected chi connectivity index (χ3v) is 4.83. The number of hydrogen-bond donors (Lipinski definition) is 2. The first-order valence-electron chi connectivity index (χ1n) is 9.13. The zero-order valence-corrected chi connectivity index (χ0v) is 15.3. The molecule has 5 nitrogen and oxygen atoms in total. The van der Waals surface area contributed by atoms with Gasteiger partial charge in [0.2, 0.25) is 5.91 Å². The first kappa shape index (κ1) is 19.4. The maximum Gasteiger partial charge on any atom is 0.253 e. The molecular formula is C20H30N2O3. The quantitative estimate of drug-likeness (QED) is 0.796. The SMILES string of the molecule is CC(C)(O)CCc1ccc(C(=O)N2CCC[C@H](CCC(N)=O)C2)cc1. The minimum Gasteiger partial charge on any atom is -0.390 e. The number of aryl methyl sites for hydroxylation is 1. The van der Waals surface area contributed by atoms with Crippen molar-refractivity contribution >= 4 is 11.8 Å². The van der Waals surface area contributed by atoms with Crippen molar-refractivity contribution < 1.29 is 14.7 Å². The minimum atomic E-state index is -0.678. The van der Waals surface area contributed by atoms with Crippen LogP contribution in [0.15, 0.2) is 24.3 Å². The maximum absolute atomic E-state index is 12.7. The first-order chi connectivity index (χ1) is 11.7. The fraction of sp³-hybridized carbons (Fsp3) is 0.600. The molecule has 1 saturated heterocycles. The second-order valence-corrected chi connectivity index (χ2v) is 7.77. The Kier molecular flexibility index (Phi) is 6.59. The number of nitrogens with two attached hydrogens (primary N) is 1. The largest absolute Gasteiger partial charge is 0.390 e. The van der Waals surface area contributed by atoms with Gasteiger partial charge in [0.25, 0.3) is 5.91 Å². The van der Waals surface area contributed by atoms with Gasteiger partial charge in [-0.25, -0.2) is 0 Å². The van der Waals surface area contributed by atoms with Gasteiger partial charge in [-0.3, -0.25) is 9.59 Å². The molecule has 0 aliphatic carbocycles. The summed E-state index contributed by atoms with van der Waals surface area (Å²) in [6.07, 6.45) is 4.65. The van der Waals surface area contributed by atoms with Crippen LogP contribution in [0.5, 0.6) is 0 Å². The van der Waals surface area contributed by atoms with E-state index in [1.165, 1.54) is 0 Å². The van der Waals surface area contributed by atoms with Crippen LogP contribution in [0, 0.1) is 5.92 Å². The van der Waals surface area contributed by atoms with Crippen LogP contribution in [0.25, 0.3) is 0 Å². The van der Waals surface area contributed by atoms with Gasteiger partial charge in [0.1, 0.15) is 0 Å². The summed E-state index contributed by atoms with van der Waals surface area (Å²) in [5.74, 6) is 0.138. The molecule has 1 aromatic rings. The normalized spacial score (nSPS) is 18.2. The van der Waals surface area contributed by atoms with Crippen molar-refractivity contribution in [1.29, 1.82) is 0 Å². The van der Waals surface area contributed by atoms with Gasteiger partial charge in [-0.05, 0) is 69.6 Å². The van der Waals surface area contributed by atoms with Crippen LogP contribution in [-0.4, -0.2) is 40.5 Å². The highest BCUT2D eigenvalue weighted by Crippen LogP contribution is 2.23. The molecule has 138 valence electrons. The summed E-state index contributed by atoms with van der Waals surface area (Å²) < 4.78 is 0. The van der Waals surface area contributed by atoms with Gasteiger partial charge >= 0.3 is 0 Å². The molecule has 0 radical (unpaired) electrons. The summed E-state index contributed by atoms with van der Waals surface area (Å²) in [6.45, 7) is 5.07. The van der Waals surface area contributed by atoms with Gasteiger partial charge in [0.15, 0.2) is 0 Å². The molecule has 0 spiro atoms. The van der Waals surface area contributed by atoms with Gasteiger partial charge in [0.05, 0.1) is 5.60 Å². The summed E-state index contributed by atoms with van der Waals surface area (Å²) in [6, 6.07) is 7.67. The molecule has 5 heteroatoms. The van der Waals surface area contributed by atoms with Crippen molar-refractivity contribution in [2.75, 3.05) is 13.1 Å². The highest BCUT2D eigenvalue weighted by atomic mass is 16.3. The van der Waals surface area contributed by atoms with E-state index >= 15 is 0 Å². The number of carbonyl (C=O) groups is 2. The van der Waals surface area contributed by atoms with Crippen molar-refractivity contribution in [3.8, 4) is 0 Å². The molecule has 2 rings (SSSR count). The van der Waals surface area contributed by atoms with Crippen molar-refractivity contribution in [2.24, 2.45) is 11.7 Å². The van der Waals surface area contributed by atoms with E-state index in [9.17, 15) is 14.7 Å². The highest BCUT2D eigenvalue weighted by Gasteiger charge is 2.24. The van der Waals surface area contributed by atoms with E-state index in [0.29, 0.717) is 30.9 Å². The topological polar surface area (TPSA) is 83.6 Å². The Morgan fingerprint density at radius 3 is 2.56 bits per heavy atom. The van der Waals surface area contributed by atoms with Crippen molar-refractivity contribution in [1.82, 2.24) is 4.90 Å². The van der Waals surface area contributed by atoms with Crippen molar-refractivity contribution in [3.63, 3.8) is 0 Å². The molecule has 0 bridgehead atoms. The number of likely N-dealkylation sites (tertiary alicyclic amines) is 1. The average Bonchev–Trinajstić information content (AvgIpc) is 2.57. The molecule has 0 aromatic heterocycles. The second-order valence-electron chi connectivity index (χ2n) is 7.77. The lowest BCUT2D eigenvalue weighted by molar-refractivity contribution is -0.118. The molecule has 3 N–H and O–H groups in total. The smallest absolute Gasteiger partial charge is 0.253 e. The number of aliphatic hydroxyl groups is 1. The number of benzene rings is 1. The number of hydrogen-bond acceptors (Lipinski definition) is 3. The second kappa shape index (κ2) is 8.48. The van der Waals surface area contributed by atoms with E-state index in [2.05, 4.69) is 0 Å². The van der Waals surface area contributed by atoms with Crippen LogP contribution in [0.4, 0.5) is 0 Å². The fourth-order valence-electron chi connectivity index (χ4n) is 3.28. The Bertz CT molecular complexity index is 590. The molecule has 1 fully saturated rings. The minimum absolute atomic E-state index is 0.0535. The van der Waals surface area contributed by atoms with Crippen molar-refractivity contribution in [2.45, 2.75) is 58.0 Å². The lowest BCUT2D eigenvalue weighted by atomic mass is 9.92. The molecule has 25 heavy (non-hydrogen) atoms. The predicted octanol–water partition coefficient (Wildman–Crippen LogP) is 2.51. The summed E-state index contributed by atoms with van der Waals surface area (Å²) in [7, 11) is 0. The number of carbonyl (C=O) groups excluding carboxylic acids is 2. The Labute approximate surface area is 150 Å². The summed E-state index contributed by atoms with van der Waals surface area (Å²) in [5.41, 5.74) is 6.37. The first-order valence-corrected chi connectivity index (χ1v) is 9.13. The van der Waals surface area contributed by atoms with E-state index in [0.717, 1.165) is 37.8 Å². The Morgan fingerprint density at radius 2 is 1.96 bits per heavy atom. The molecule has 1 aliphatic heterocycles. The Hall–Kier alpha value is -1.88. The van der Waals surface area contributed by atoms with E-state index in [1.54, 1.807) is 13.8 Å². The highest BCUT2D eigenvalue weighted by molar-refractivity contribution is 5.94. The van der Waals surface area contributed by atoms with Crippen LogP contribution >= 0.6 is 0 Å². The zero-order valence-electron chi connectivity index (χ0n) is 15.3. The van der Waals surface area contributed by atoms with E-state index in [1.807, 2.05) is 29.2 Å². The van der Waals surface area contributed by atoms with Gasteiger partial charge in [-0.15, -0.1) is 0 Å². The number of nitrogens with zero attached hydrogens (tertiary/aromatic N) is 1. The molecule has 1 aliphatic rings. The molecule has 0 saturated carbocycles.